The molecule has 0 spiro atoms. The van der Waals surface area contributed by atoms with Gasteiger partial charge in [-0.3, -0.25) is 14.3 Å². The van der Waals surface area contributed by atoms with Crippen LogP contribution in [0.2, 0.25) is 0 Å². The van der Waals surface area contributed by atoms with Crippen LogP contribution in [0.15, 0.2) is 47.4 Å². The van der Waals surface area contributed by atoms with Crippen molar-refractivity contribution in [1.29, 1.82) is 0 Å². The minimum Gasteiger partial charge on any atom is -0.353 e. The minimum absolute atomic E-state index is 0.0639. The van der Waals surface area contributed by atoms with Gasteiger partial charge in [0.05, 0.1) is 4.90 Å². The Balaban J connectivity index is 1.66. The molecule has 1 aliphatic rings. The molecule has 7 nitrogen and oxygen atoms in total. The number of anilines is 1. The second-order valence-corrected chi connectivity index (χ2v) is 9.38. The molecular formula is C22H27N3O4S. The van der Waals surface area contributed by atoms with Gasteiger partial charge in [-0.1, -0.05) is 6.07 Å². The van der Waals surface area contributed by atoms with Gasteiger partial charge < -0.3 is 10.2 Å². The quantitative estimate of drug-likeness (QED) is 0.764. The number of piperidine rings is 1. The number of benzene rings is 2. The first kappa shape index (κ1) is 21.8. The molecular weight excluding hydrogens is 402 g/mol. The Morgan fingerprint density at radius 1 is 0.967 bits per heavy atom. The molecule has 1 aliphatic heterocycles. The summed E-state index contributed by atoms with van der Waals surface area (Å²) in [6.07, 6.45) is 1.41. The number of carbonyl (C=O) groups excluding carboxylic acids is 2. The summed E-state index contributed by atoms with van der Waals surface area (Å²) >= 11 is 0. The monoisotopic (exact) mass is 429 g/mol. The highest BCUT2D eigenvalue weighted by Crippen LogP contribution is 2.20. The molecule has 2 aromatic rings. The fourth-order valence-corrected chi connectivity index (χ4v) is 4.54. The van der Waals surface area contributed by atoms with Crippen LogP contribution in [-0.4, -0.2) is 44.3 Å². The summed E-state index contributed by atoms with van der Waals surface area (Å²) in [5, 5.41) is 2.88. The molecule has 1 heterocycles. The first-order chi connectivity index (χ1) is 14.2. The van der Waals surface area contributed by atoms with E-state index in [-0.39, 0.29) is 22.8 Å². The van der Waals surface area contributed by atoms with E-state index in [2.05, 4.69) is 10.0 Å². The molecule has 2 amide bonds. The highest BCUT2D eigenvalue weighted by atomic mass is 32.2. The molecule has 0 saturated carbocycles. The third kappa shape index (κ3) is 5.18. The van der Waals surface area contributed by atoms with Crippen molar-refractivity contribution in [3.63, 3.8) is 0 Å². The molecule has 2 N–H and O–H groups in total. The topological polar surface area (TPSA) is 95.6 Å². The van der Waals surface area contributed by atoms with Crippen molar-refractivity contribution in [3.8, 4) is 0 Å². The van der Waals surface area contributed by atoms with E-state index in [4.69, 9.17) is 0 Å². The van der Waals surface area contributed by atoms with E-state index in [1.54, 1.807) is 17.0 Å². The van der Waals surface area contributed by atoms with Gasteiger partial charge in [0.15, 0.2) is 0 Å². The molecule has 0 aromatic heterocycles. The van der Waals surface area contributed by atoms with Crippen LogP contribution in [0.1, 0.15) is 41.3 Å². The Kier molecular flexibility index (Phi) is 6.45. The molecule has 0 unspecified atom stereocenters. The van der Waals surface area contributed by atoms with Crippen molar-refractivity contribution in [2.24, 2.45) is 0 Å². The maximum atomic E-state index is 12.7. The Bertz CT molecular complexity index is 1040. The number of likely N-dealkylation sites (tertiary alicyclic amines) is 1. The predicted octanol–water partition coefficient (Wildman–Crippen LogP) is 2.84. The average molecular weight is 430 g/mol. The predicted molar refractivity (Wildman–Crippen MR) is 116 cm³/mol. The highest BCUT2D eigenvalue weighted by molar-refractivity contribution is 7.92. The van der Waals surface area contributed by atoms with Gasteiger partial charge in [0.25, 0.3) is 15.9 Å². The van der Waals surface area contributed by atoms with Gasteiger partial charge in [-0.2, -0.15) is 0 Å². The van der Waals surface area contributed by atoms with Crippen LogP contribution < -0.4 is 10.0 Å². The normalized spacial score (nSPS) is 15.0. The molecule has 0 radical (unpaired) electrons. The van der Waals surface area contributed by atoms with E-state index in [1.165, 1.54) is 31.2 Å². The zero-order valence-corrected chi connectivity index (χ0v) is 18.3. The zero-order valence-electron chi connectivity index (χ0n) is 17.4. The summed E-state index contributed by atoms with van der Waals surface area (Å²) in [5.41, 5.74) is 3.03. The number of carbonyl (C=O) groups is 2. The SMILES string of the molecule is CC(=O)NC1CCN(C(=O)c2ccc(S(=O)(=O)Nc3ccc(C)c(C)c3)cc2)CC1. The van der Waals surface area contributed by atoms with Crippen LogP contribution in [0.4, 0.5) is 5.69 Å². The van der Waals surface area contributed by atoms with Crippen molar-refractivity contribution in [2.75, 3.05) is 17.8 Å². The van der Waals surface area contributed by atoms with Gasteiger partial charge in [0.2, 0.25) is 5.91 Å². The Morgan fingerprint density at radius 2 is 1.60 bits per heavy atom. The lowest BCUT2D eigenvalue weighted by Crippen LogP contribution is -2.46. The molecule has 0 aliphatic carbocycles. The van der Waals surface area contributed by atoms with Crippen LogP contribution in [0, 0.1) is 13.8 Å². The number of aryl methyl sites for hydroxylation is 2. The van der Waals surface area contributed by atoms with E-state index < -0.39 is 10.0 Å². The lowest BCUT2D eigenvalue weighted by atomic mass is 10.0. The second-order valence-electron chi connectivity index (χ2n) is 7.70. The van der Waals surface area contributed by atoms with Crippen molar-refractivity contribution >= 4 is 27.5 Å². The third-order valence-corrected chi connectivity index (χ3v) is 6.76. The van der Waals surface area contributed by atoms with Gasteiger partial charge in [0.1, 0.15) is 0 Å². The highest BCUT2D eigenvalue weighted by Gasteiger charge is 2.24. The second kappa shape index (κ2) is 8.87. The fraction of sp³-hybridized carbons (Fsp3) is 0.364. The van der Waals surface area contributed by atoms with Crippen LogP contribution in [0.5, 0.6) is 0 Å². The number of nitrogens with zero attached hydrogens (tertiary/aromatic N) is 1. The first-order valence-corrected chi connectivity index (χ1v) is 11.4. The van der Waals surface area contributed by atoms with Gasteiger partial charge >= 0.3 is 0 Å². The third-order valence-electron chi connectivity index (χ3n) is 5.36. The van der Waals surface area contributed by atoms with E-state index in [0.717, 1.165) is 11.1 Å². The number of amides is 2. The smallest absolute Gasteiger partial charge is 0.261 e. The molecule has 1 saturated heterocycles. The van der Waals surface area contributed by atoms with Gasteiger partial charge in [-0.05, 0) is 74.2 Å². The molecule has 0 bridgehead atoms. The van der Waals surface area contributed by atoms with Gasteiger partial charge in [-0.15, -0.1) is 0 Å². The van der Waals surface area contributed by atoms with Gasteiger partial charge in [-0.25, -0.2) is 8.42 Å². The zero-order chi connectivity index (χ0) is 21.9. The lowest BCUT2D eigenvalue weighted by molar-refractivity contribution is -0.119. The summed E-state index contributed by atoms with van der Waals surface area (Å²) in [4.78, 5) is 25.7. The number of hydrogen-bond acceptors (Lipinski definition) is 4. The average Bonchev–Trinajstić information content (AvgIpc) is 2.70. The largest absolute Gasteiger partial charge is 0.353 e. The first-order valence-electron chi connectivity index (χ1n) is 9.92. The Hall–Kier alpha value is -2.87. The van der Waals surface area contributed by atoms with Crippen molar-refractivity contribution in [1.82, 2.24) is 10.2 Å². The van der Waals surface area contributed by atoms with Crippen molar-refractivity contribution in [3.05, 3.63) is 59.2 Å². The maximum Gasteiger partial charge on any atom is 0.261 e. The summed E-state index contributed by atoms with van der Waals surface area (Å²) in [5.74, 6) is -0.201. The summed E-state index contributed by atoms with van der Waals surface area (Å²) in [7, 11) is -3.74. The number of nitrogens with one attached hydrogen (secondary N) is 2. The minimum atomic E-state index is -3.74. The fourth-order valence-electron chi connectivity index (χ4n) is 3.49. The van der Waals surface area contributed by atoms with Crippen LogP contribution in [0.25, 0.3) is 0 Å². The molecule has 3 rings (SSSR count). The Labute approximate surface area is 177 Å². The van der Waals surface area contributed by atoms with Crippen LogP contribution in [-0.2, 0) is 14.8 Å². The standard InChI is InChI=1S/C22H27N3O4S/c1-15-4-7-20(14-16(15)2)24-30(28,29)21-8-5-18(6-9-21)22(27)25-12-10-19(11-13-25)23-17(3)26/h4-9,14,19,24H,10-13H2,1-3H3,(H,23,26). The molecule has 8 heteroatoms. The van der Waals surface area contributed by atoms with E-state index in [9.17, 15) is 18.0 Å². The van der Waals surface area contributed by atoms with Crippen LogP contribution >= 0.6 is 0 Å². The summed E-state index contributed by atoms with van der Waals surface area (Å²) in [6.45, 7) is 6.48. The summed E-state index contributed by atoms with van der Waals surface area (Å²) < 4.78 is 27.9. The van der Waals surface area contributed by atoms with E-state index in [1.807, 2.05) is 19.9 Å². The molecule has 30 heavy (non-hydrogen) atoms. The van der Waals surface area contributed by atoms with E-state index >= 15 is 0 Å². The van der Waals surface area contributed by atoms with Crippen LogP contribution in [0.3, 0.4) is 0 Å². The molecule has 0 atom stereocenters. The maximum absolute atomic E-state index is 12.7. The molecule has 2 aromatic carbocycles. The molecule has 160 valence electrons. The lowest BCUT2D eigenvalue weighted by Gasteiger charge is -2.32. The number of sulfonamides is 1. The molecule has 1 fully saturated rings. The number of hydrogen-bond donors (Lipinski definition) is 2. The summed E-state index contributed by atoms with van der Waals surface area (Å²) in [6, 6.07) is 11.4. The van der Waals surface area contributed by atoms with Crippen molar-refractivity contribution < 1.29 is 18.0 Å². The van der Waals surface area contributed by atoms with Gasteiger partial charge in [0, 0.05) is 37.3 Å². The van der Waals surface area contributed by atoms with E-state index in [0.29, 0.717) is 37.2 Å². The Morgan fingerprint density at radius 3 is 2.17 bits per heavy atom. The van der Waals surface area contributed by atoms with Crippen molar-refractivity contribution in [2.45, 2.75) is 44.6 Å². The number of rotatable bonds is 5.